The van der Waals surface area contributed by atoms with Gasteiger partial charge in [-0.2, -0.15) is 0 Å². The number of nitrogens with one attached hydrogen (secondary N) is 1. The minimum atomic E-state index is -0.504. The maximum atomic E-state index is 12.3. The number of hydrogen-bond acceptors (Lipinski definition) is 3. The van der Waals surface area contributed by atoms with E-state index in [1.165, 1.54) is 0 Å². The van der Waals surface area contributed by atoms with Crippen molar-refractivity contribution in [1.82, 2.24) is 0 Å². The molecule has 2 aromatic rings. The molecule has 116 valence electrons. The van der Waals surface area contributed by atoms with Crippen LogP contribution in [0.4, 0.5) is 11.4 Å². The largest absolute Gasteiger partial charge is 0.481 e. The van der Waals surface area contributed by atoms with Crippen molar-refractivity contribution >= 4 is 17.3 Å². The SMILES string of the molecule is CC[C@H](Oc1ccccc1)C(=O)Nc1ccc(N(C)C)cc1. The standard InChI is InChI=1S/C18H22N2O2/c1-4-17(22-16-8-6-5-7-9-16)18(21)19-14-10-12-15(13-11-14)20(2)3/h5-13,17H,4H2,1-3H3,(H,19,21)/t17-/m0/s1. The van der Waals surface area contributed by atoms with Crippen LogP contribution < -0.4 is 15.0 Å². The van der Waals surface area contributed by atoms with Gasteiger partial charge < -0.3 is 15.0 Å². The van der Waals surface area contributed by atoms with E-state index < -0.39 is 6.10 Å². The summed E-state index contributed by atoms with van der Waals surface area (Å²) in [5.74, 6) is 0.566. The minimum Gasteiger partial charge on any atom is -0.481 e. The molecule has 4 nitrogen and oxygen atoms in total. The van der Waals surface area contributed by atoms with E-state index in [1.807, 2.05) is 80.5 Å². The molecule has 0 aromatic heterocycles. The number of amides is 1. The fraction of sp³-hybridized carbons (Fsp3) is 0.278. The smallest absolute Gasteiger partial charge is 0.265 e. The van der Waals surface area contributed by atoms with Crippen LogP contribution in [0.5, 0.6) is 5.75 Å². The Morgan fingerprint density at radius 3 is 2.27 bits per heavy atom. The zero-order valence-electron chi connectivity index (χ0n) is 13.2. The van der Waals surface area contributed by atoms with E-state index in [0.29, 0.717) is 12.2 Å². The number of para-hydroxylation sites is 1. The number of hydrogen-bond donors (Lipinski definition) is 1. The number of anilines is 2. The highest BCUT2D eigenvalue weighted by Crippen LogP contribution is 2.17. The zero-order valence-corrected chi connectivity index (χ0v) is 13.2. The van der Waals surface area contributed by atoms with Crippen molar-refractivity contribution in [1.29, 1.82) is 0 Å². The lowest BCUT2D eigenvalue weighted by atomic mass is 10.2. The summed E-state index contributed by atoms with van der Waals surface area (Å²) in [6.07, 6.45) is 0.104. The van der Waals surface area contributed by atoms with Gasteiger partial charge in [0.1, 0.15) is 5.75 Å². The monoisotopic (exact) mass is 298 g/mol. The summed E-state index contributed by atoms with van der Waals surface area (Å²) < 4.78 is 5.74. The van der Waals surface area contributed by atoms with Gasteiger partial charge in [-0.3, -0.25) is 4.79 Å². The summed E-state index contributed by atoms with van der Waals surface area (Å²) in [6, 6.07) is 17.1. The third-order valence-corrected chi connectivity index (χ3v) is 3.34. The van der Waals surface area contributed by atoms with Crippen LogP contribution in [0, 0.1) is 0 Å². The number of carbonyl (C=O) groups is 1. The van der Waals surface area contributed by atoms with E-state index in [4.69, 9.17) is 4.74 Å². The average Bonchev–Trinajstić information content (AvgIpc) is 2.54. The minimum absolute atomic E-state index is 0.135. The fourth-order valence-electron chi connectivity index (χ4n) is 2.05. The van der Waals surface area contributed by atoms with Crippen molar-refractivity contribution in [2.75, 3.05) is 24.3 Å². The Morgan fingerprint density at radius 1 is 1.09 bits per heavy atom. The predicted octanol–water partition coefficient (Wildman–Crippen LogP) is 3.55. The molecule has 0 aliphatic carbocycles. The predicted molar refractivity (Wildman–Crippen MR) is 90.5 cm³/mol. The van der Waals surface area contributed by atoms with E-state index in [-0.39, 0.29) is 5.91 Å². The molecule has 1 amide bonds. The van der Waals surface area contributed by atoms with Gasteiger partial charge in [-0.25, -0.2) is 0 Å². The van der Waals surface area contributed by atoms with Gasteiger partial charge >= 0.3 is 0 Å². The Morgan fingerprint density at radius 2 is 1.73 bits per heavy atom. The summed E-state index contributed by atoms with van der Waals surface area (Å²) >= 11 is 0. The lowest BCUT2D eigenvalue weighted by Crippen LogP contribution is -2.32. The second kappa shape index (κ2) is 7.50. The molecule has 1 atom stereocenters. The van der Waals surface area contributed by atoms with Crippen LogP contribution >= 0.6 is 0 Å². The molecule has 0 radical (unpaired) electrons. The maximum Gasteiger partial charge on any atom is 0.265 e. The normalized spacial score (nSPS) is 11.6. The van der Waals surface area contributed by atoms with Crippen LogP contribution in [-0.2, 0) is 4.79 Å². The maximum absolute atomic E-state index is 12.3. The molecule has 0 fully saturated rings. The molecule has 0 heterocycles. The third-order valence-electron chi connectivity index (χ3n) is 3.34. The Kier molecular flexibility index (Phi) is 5.42. The first-order valence-electron chi connectivity index (χ1n) is 7.40. The highest BCUT2D eigenvalue weighted by molar-refractivity contribution is 5.94. The summed E-state index contributed by atoms with van der Waals surface area (Å²) in [7, 11) is 3.96. The highest BCUT2D eigenvalue weighted by atomic mass is 16.5. The molecule has 2 rings (SSSR count). The van der Waals surface area contributed by atoms with Crippen molar-refractivity contribution in [2.45, 2.75) is 19.4 Å². The summed E-state index contributed by atoms with van der Waals surface area (Å²) in [6.45, 7) is 1.93. The molecule has 0 spiro atoms. The van der Waals surface area contributed by atoms with Crippen molar-refractivity contribution < 1.29 is 9.53 Å². The van der Waals surface area contributed by atoms with E-state index in [1.54, 1.807) is 0 Å². The Labute approximate surface area is 131 Å². The van der Waals surface area contributed by atoms with Crippen molar-refractivity contribution in [3.8, 4) is 5.75 Å². The van der Waals surface area contributed by atoms with Gasteiger partial charge in [0.05, 0.1) is 0 Å². The molecule has 0 aliphatic heterocycles. The first-order chi connectivity index (χ1) is 10.6. The Hall–Kier alpha value is -2.49. The molecular formula is C18H22N2O2. The van der Waals surface area contributed by atoms with Gasteiger partial charge in [0.2, 0.25) is 0 Å². The van der Waals surface area contributed by atoms with Gasteiger partial charge in [0.15, 0.2) is 6.10 Å². The topological polar surface area (TPSA) is 41.6 Å². The third kappa shape index (κ3) is 4.25. The molecule has 0 saturated carbocycles. The van der Waals surface area contributed by atoms with Crippen molar-refractivity contribution in [3.63, 3.8) is 0 Å². The quantitative estimate of drug-likeness (QED) is 0.886. The van der Waals surface area contributed by atoms with Crippen molar-refractivity contribution in [3.05, 3.63) is 54.6 Å². The fourth-order valence-corrected chi connectivity index (χ4v) is 2.05. The lowest BCUT2D eigenvalue weighted by molar-refractivity contribution is -0.122. The molecule has 2 aromatic carbocycles. The second-order valence-corrected chi connectivity index (χ2v) is 5.26. The zero-order chi connectivity index (χ0) is 15.9. The second-order valence-electron chi connectivity index (χ2n) is 5.26. The molecular weight excluding hydrogens is 276 g/mol. The number of carbonyl (C=O) groups excluding carboxylic acids is 1. The molecule has 0 bridgehead atoms. The average molecular weight is 298 g/mol. The van der Waals surface area contributed by atoms with Crippen LogP contribution in [0.3, 0.4) is 0 Å². The van der Waals surface area contributed by atoms with Crippen LogP contribution in [0.2, 0.25) is 0 Å². The lowest BCUT2D eigenvalue weighted by Gasteiger charge is -2.18. The first-order valence-corrected chi connectivity index (χ1v) is 7.40. The van der Waals surface area contributed by atoms with Crippen LogP contribution in [0.1, 0.15) is 13.3 Å². The van der Waals surface area contributed by atoms with E-state index in [2.05, 4.69) is 5.32 Å². The summed E-state index contributed by atoms with van der Waals surface area (Å²) in [5, 5.41) is 2.90. The molecule has 4 heteroatoms. The van der Waals surface area contributed by atoms with Gasteiger partial charge in [-0.1, -0.05) is 25.1 Å². The first kappa shape index (κ1) is 15.9. The number of nitrogens with zero attached hydrogens (tertiary/aromatic N) is 1. The van der Waals surface area contributed by atoms with Gasteiger partial charge in [-0.05, 0) is 42.8 Å². The number of benzene rings is 2. The van der Waals surface area contributed by atoms with E-state index in [9.17, 15) is 4.79 Å². The Balaban J connectivity index is 2.00. The summed E-state index contributed by atoms with van der Waals surface area (Å²) in [4.78, 5) is 14.3. The Bertz CT molecular complexity index is 594. The van der Waals surface area contributed by atoms with Crippen molar-refractivity contribution in [2.24, 2.45) is 0 Å². The number of ether oxygens (including phenoxy) is 1. The van der Waals surface area contributed by atoms with Crippen LogP contribution in [0.25, 0.3) is 0 Å². The molecule has 0 saturated heterocycles. The van der Waals surface area contributed by atoms with E-state index in [0.717, 1.165) is 11.4 Å². The highest BCUT2D eigenvalue weighted by Gasteiger charge is 2.18. The van der Waals surface area contributed by atoms with Crippen LogP contribution in [0.15, 0.2) is 54.6 Å². The molecule has 0 aliphatic rings. The van der Waals surface area contributed by atoms with Gasteiger partial charge in [0, 0.05) is 25.5 Å². The number of rotatable bonds is 6. The molecule has 1 N–H and O–H groups in total. The summed E-state index contributed by atoms with van der Waals surface area (Å²) in [5.41, 5.74) is 1.86. The van der Waals surface area contributed by atoms with Crippen LogP contribution in [-0.4, -0.2) is 26.1 Å². The van der Waals surface area contributed by atoms with Gasteiger partial charge in [-0.15, -0.1) is 0 Å². The molecule has 0 unspecified atom stereocenters. The van der Waals surface area contributed by atoms with Gasteiger partial charge in [0.25, 0.3) is 5.91 Å². The van der Waals surface area contributed by atoms with E-state index >= 15 is 0 Å². The molecule has 22 heavy (non-hydrogen) atoms.